The molecule has 16 nitrogen and oxygen atoms in total. The van der Waals surface area contributed by atoms with E-state index in [2.05, 4.69) is 48.5 Å². The van der Waals surface area contributed by atoms with Crippen LogP contribution in [0.1, 0.15) is 113 Å². The fraction of sp³-hybridized carbons (Fsp3) is 1.00. The van der Waals surface area contributed by atoms with Crippen molar-refractivity contribution in [3.8, 4) is 0 Å². The van der Waals surface area contributed by atoms with Gasteiger partial charge in [-0.25, -0.2) is 0 Å². The van der Waals surface area contributed by atoms with Crippen LogP contribution in [0.5, 0.6) is 0 Å². The Kier molecular flexibility index (Phi) is 11.8. The lowest BCUT2D eigenvalue weighted by Crippen LogP contribution is -2.74. The molecule has 4 saturated heterocycles. The second-order valence-corrected chi connectivity index (χ2v) is 23.4. The van der Waals surface area contributed by atoms with Crippen molar-refractivity contribution in [1.29, 1.82) is 0 Å². The lowest BCUT2D eigenvalue weighted by molar-refractivity contribution is -0.378. The van der Waals surface area contributed by atoms with Crippen molar-refractivity contribution in [2.45, 2.75) is 210 Å². The van der Waals surface area contributed by atoms with Gasteiger partial charge in [-0.3, -0.25) is 0 Å². The highest BCUT2D eigenvalue weighted by molar-refractivity contribution is 5.28. The Morgan fingerprint density at radius 1 is 0.597 bits per heavy atom. The number of ether oxygens (including phenoxy) is 7. The molecule has 4 heterocycles. The average molecular weight is 885 g/mol. The van der Waals surface area contributed by atoms with Crippen LogP contribution in [0.3, 0.4) is 0 Å². The first-order valence-electron chi connectivity index (χ1n) is 23.5. The van der Waals surface area contributed by atoms with Crippen LogP contribution in [0.4, 0.5) is 0 Å². The molecule has 9 aliphatic rings. The van der Waals surface area contributed by atoms with E-state index in [1.165, 1.54) is 0 Å². The molecule has 0 aromatic carbocycles. The maximum Gasteiger partial charge on any atom is 0.187 e. The average Bonchev–Trinajstić information content (AvgIpc) is 3.49. The van der Waals surface area contributed by atoms with E-state index in [1.807, 2.05) is 0 Å². The fourth-order valence-corrected chi connectivity index (χ4v) is 16.0. The van der Waals surface area contributed by atoms with Crippen LogP contribution in [-0.2, 0) is 33.2 Å². The molecule has 0 aromatic rings. The first-order chi connectivity index (χ1) is 29.0. The topological polar surface area (TPSA) is 247 Å². The van der Waals surface area contributed by atoms with Gasteiger partial charge in [0.05, 0.1) is 44.2 Å². The second kappa shape index (κ2) is 15.7. The van der Waals surface area contributed by atoms with Crippen molar-refractivity contribution in [3.63, 3.8) is 0 Å². The third-order valence-electron chi connectivity index (χ3n) is 19.7. The van der Waals surface area contributed by atoms with Crippen molar-refractivity contribution >= 4 is 0 Å². The molecule has 5 aliphatic carbocycles. The number of hydrogen-bond acceptors (Lipinski definition) is 16. The molecule has 2 bridgehead atoms. The molecule has 23 atom stereocenters. The summed E-state index contributed by atoms with van der Waals surface area (Å²) >= 11 is 0. The lowest BCUT2D eigenvalue weighted by atomic mass is 9.30. The molecule has 16 heteroatoms. The van der Waals surface area contributed by atoms with Crippen LogP contribution in [0.15, 0.2) is 0 Å². The summed E-state index contributed by atoms with van der Waals surface area (Å²) in [5.41, 5.74) is -0.683. The van der Waals surface area contributed by atoms with Crippen molar-refractivity contribution < 1.29 is 79.1 Å². The first kappa shape index (κ1) is 46.5. The molecule has 4 aliphatic heterocycles. The summed E-state index contributed by atoms with van der Waals surface area (Å²) in [6, 6.07) is 0. The maximum atomic E-state index is 12.2. The van der Waals surface area contributed by atoms with Crippen molar-refractivity contribution in [1.82, 2.24) is 0 Å². The van der Waals surface area contributed by atoms with E-state index in [0.717, 1.165) is 64.2 Å². The van der Waals surface area contributed by atoms with Gasteiger partial charge in [0.25, 0.3) is 0 Å². The van der Waals surface area contributed by atoms with Crippen molar-refractivity contribution in [2.24, 2.45) is 50.2 Å². The van der Waals surface area contributed by atoms with Crippen LogP contribution in [0, 0.1) is 50.2 Å². The summed E-state index contributed by atoms with van der Waals surface area (Å²) in [6.07, 6.45) is -10.5. The van der Waals surface area contributed by atoms with Crippen molar-refractivity contribution in [2.75, 3.05) is 26.4 Å². The molecule has 0 unspecified atom stereocenters. The number of rotatable bonds is 7. The zero-order chi connectivity index (χ0) is 44.7. The molecule has 62 heavy (non-hydrogen) atoms. The van der Waals surface area contributed by atoms with Gasteiger partial charge >= 0.3 is 0 Å². The van der Waals surface area contributed by atoms with Gasteiger partial charge in [-0.15, -0.1) is 0 Å². The molecule has 0 radical (unpaired) electrons. The quantitative estimate of drug-likeness (QED) is 0.163. The highest BCUT2D eigenvalue weighted by atomic mass is 16.8. The van der Waals surface area contributed by atoms with Gasteiger partial charge in [0, 0.05) is 10.8 Å². The SMILES string of the molecule is CC1(C)CC[C@]23CO[C@@]4(CC[C@@H]5[C@]6(C)CC[C@H](O[C@@H]7OC[C@H](O[C@@H]8O[C@H](CO)[C@H](O)[C@H](O)[C@H]8O[C@@H]8OC[C@H](O)[C@@H](O)[C@H]8O)[C@H](O)[C@H]7O)C(C)(C)[C@@H]6CC[C@@]5(C)[C@]4(C)C[C@H]2O)[C@@H]3C1. The monoisotopic (exact) mass is 885 g/mol. The van der Waals surface area contributed by atoms with E-state index in [0.29, 0.717) is 24.4 Å². The Labute approximate surface area is 365 Å². The standard InChI is InChI=1S/C46H76O16/c1-40(2)14-15-45-21-58-46(27(45)16-40)13-9-26-42(5)11-10-29(41(3,4)25(42)8-12-43(26,6)44(46,7)17-28(45)49)61-37-35(55)32(52)24(20-57-37)60-39-36(33(53)31(51)23(18-47)59-39)62-38-34(54)30(50)22(48)19-56-38/h22-39,47-55H,8-21H2,1-7H3/t22-,23+,24-,25-,26+,27+,28+,29-,30+,31-,32-,33-,34+,35+,36+,37-,38-,39-,42+,43+,44-,45+,46-/m0/s1. The van der Waals surface area contributed by atoms with Gasteiger partial charge in [-0.1, -0.05) is 48.5 Å². The largest absolute Gasteiger partial charge is 0.394 e. The van der Waals surface area contributed by atoms with E-state index >= 15 is 0 Å². The van der Waals surface area contributed by atoms with E-state index < -0.39 is 86.5 Å². The Balaban J connectivity index is 0.879. The second-order valence-electron chi connectivity index (χ2n) is 23.4. The van der Waals surface area contributed by atoms with Gasteiger partial charge in [-0.2, -0.15) is 0 Å². The lowest BCUT2D eigenvalue weighted by Gasteiger charge is -2.75. The summed E-state index contributed by atoms with van der Waals surface area (Å²) in [4.78, 5) is 0. The zero-order valence-electron chi connectivity index (χ0n) is 37.7. The summed E-state index contributed by atoms with van der Waals surface area (Å²) < 4.78 is 42.9. The third-order valence-corrected chi connectivity index (χ3v) is 19.7. The summed E-state index contributed by atoms with van der Waals surface area (Å²) in [5, 5.41) is 97.3. The number of hydrogen-bond donors (Lipinski definition) is 9. The molecule has 356 valence electrons. The Hall–Kier alpha value is -0.640. The van der Waals surface area contributed by atoms with E-state index in [-0.39, 0.29) is 63.5 Å². The van der Waals surface area contributed by atoms with Crippen molar-refractivity contribution in [3.05, 3.63) is 0 Å². The minimum atomic E-state index is -1.74. The maximum absolute atomic E-state index is 12.2. The molecule has 9 N–H and O–H groups in total. The van der Waals surface area contributed by atoms with Crippen LogP contribution < -0.4 is 0 Å². The number of fused-ring (bicyclic) bond motifs is 4. The molecular formula is C46H76O16. The number of aliphatic hydroxyl groups is 9. The van der Waals surface area contributed by atoms with E-state index in [9.17, 15) is 46.0 Å². The van der Waals surface area contributed by atoms with Crippen LogP contribution in [0.25, 0.3) is 0 Å². The van der Waals surface area contributed by atoms with Gasteiger partial charge < -0.3 is 79.1 Å². The fourth-order valence-electron chi connectivity index (χ4n) is 16.0. The Morgan fingerprint density at radius 3 is 2.00 bits per heavy atom. The molecule has 0 aromatic heterocycles. The molecule has 9 fully saturated rings. The predicted molar refractivity (Wildman–Crippen MR) is 218 cm³/mol. The number of aliphatic hydroxyl groups excluding tert-OH is 9. The molecular weight excluding hydrogens is 808 g/mol. The molecule has 5 saturated carbocycles. The minimum Gasteiger partial charge on any atom is -0.394 e. The van der Waals surface area contributed by atoms with Crippen LogP contribution in [0.2, 0.25) is 0 Å². The minimum absolute atomic E-state index is 0.00479. The van der Waals surface area contributed by atoms with Gasteiger partial charge in [0.15, 0.2) is 18.9 Å². The molecule has 1 spiro atoms. The van der Waals surface area contributed by atoms with Gasteiger partial charge in [0.2, 0.25) is 0 Å². The summed E-state index contributed by atoms with van der Waals surface area (Å²) in [5.74, 6) is 1.08. The smallest absolute Gasteiger partial charge is 0.187 e. The Bertz CT molecular complexity index is 1650. The highest BCUT2D eigenvalue weighted by Crippen LogP contribution is 2.80. The summed E-state index contributed by atoms with van der Waals surface area (Å²) in [7, 11) is 0. The third kappa shape index (κ3) is 6.57. The Morgan fingerprint density at radius 2 is 1.27 bits per heavy atom. The van der Waals surface area contributed by atoms with Crippen LogP contribution >= 0.6 is 0 Å². The van der Waals surface area contributed by atoms with Gasteiger partial charge in [0.1, 0.15) is 61.0 Å². The van der Waals surface area contributed by atoms with E-state index in [1.54, 1.807) is 0 Å². The van der Waals surface area contributed by atoms with Crippen LogP contribution in [-0.4, -0.2) is 170 Å². The van der Waals surface area contributed by atoms with Gasteiger partial charge in [-0.05, 0) is 104 Å². The normalized spacial score (nSPS) is 58.1. The zero-order valence-corrected chi connectivity index (χ0v) is 37.7. The summed E-state index contributed by atoms with van der Waals surface area (Å²) in [6.45, 7) is 16.1. The van der Waals surface area contributed by atoms with E-state index in [4.69, 9.17) is 33.2 Å². The highest BCUT2D eigenvalue weighted by Gasteiger charge is 2.80. The molecule has 0 amide bonds. The first-order valence-corrected chi connectivity index (χ1v) is 23.5. The molecule has 9 rings (SSSR count). The predicted octanol–water partition coefficient (Wildman–Crippen LogP) is 1.10.